The van der Waals surface area contributed by atoms with Crippen LogP contribution in [0.1, 0.15) is 17.0 Å². The van der Waals surface area contributed by atoms with Gasteiger partial charge in [0.25, 0.3) is 0 Å². The van der Waals surface area contributed by atoms with Gasteiger partial charge in [-0.3, -0.25) is 4.98 Å². The Balaban J connectivity index is 2.06. The van der Waals surface area contributed by atoms with Crippen molar-refractivity contribution in [1.82, 2.24) is 4.98 Å². The van der Waals surface area contributed by atoms with Gasteiger partial charge in [-0.15, -0.1) is 0 Å². The second-order valence-corrected chi connectivity index (χ2v) is 4.42. The number of rotatable bonds is 5. The van der Waals surface area contributed by atoms with Crippen LogP contribution in [0.3, 0.4) is 0 Å². The quantitative estimate of drug-likeness (QED) is 0.858. The molecule has 0 atom stereocenters. The number of hydrogen-bond acceptors (Lipinski definition) is 3. The SMILES string of the molecule is Cc1cccc(COc2ccc(/C=C/C(=O)O)cc2F)n1. The van der Waals surface area contributed by atoms with E-state index in [4.69, 9.17) is 9.84 Å². The summed E-state index contributed by atoms with van der Waals surface area (Å²) in [5.41, 5.74) is 2.03. The number of carboxylic acids is 1. The molecule has 0 aliphatic heterocycles. The predicted molar refractivity (Wildman–Crippen MR) is 76.4 cm³/mol. The topological polar surface area (TPSA) is 59.4 Å². The third-order valence-corrected chi connectivity index (χ3v) is 2.70. The van der Waals surface area contributed by atoms with E-state index in [0.717, 1.165) is 11.8 Å². The van der Waals surface area contributed by atoms with Gasteiger partial charge in [0, 0.05) is 11.8 Å². The van der Waals surface area contributed by atoms with Crippen LogP contribution in [0.15, 0.2) is 42.5 Å². The number of pyridine rings is 1. The first-order valence-corrected chi connectivity index (χ1v) is 6.30. The predicted octanol–water partition coefficient (Wildman–Crippen LogP) is 3.21. The first kappa shape index (κ1) is 14.7. The number of carboxylic acid groups (broad SMARTS) is 1. The van der Waals surface area contributed by atoms with Crippen LogP contribution in [0.25, 0.3) is 6.08 Å². The minimum absolute atomic E-state index is 0.103. The van der Waals surface area contributed by atoms with Gasteiger partial charge in [-0.05, 0) is 42.8 Å². The van der Waals surface area contributed by atoms with Gasteiger partial charge in [-0.1, -0.05) is 12.1 Å². The van der Waals surface area contributed by atoms with E-state index in [2.05, 4.69) is 4.98 Å². The van der Waals surface area contributed by atoms with Crippen molar-refractivity contribution >= 4 is 12.0 Å². The molecule has 2 rings (SSSR count). The summed E-state index contributed by atoms with van der Waals surface area (Å²) in [5, 5.41) is 8.52. The smallest absolute Gasteiger partial charge is 0.328 e. The fourth-order valence-corrected chi connectivity index (χ4v) is 1.74. The molecule has 0 amide bonds. The standard InChI is InChI=1S/C16H14FNO3/c1-11-3-2-4-13(18-11)10-21-15-7-5-12(9-14(15)17)6-8-16(19)20/h2-9H,10H2,1H3,(H,19,20)/b8-6+. The summed E-state index contributed by atoms with van der Waals surface area (Å²) in [6, 6.07) is 9.80. The van der Waals surface area contributed by atoms with Gasteiger partial charge in [-0.25, -0.2) is 9.18 Å². The van der Waals surface area contributed by atoms with Crippen LogP contribution < -0.4 is 4.74 Å². The van der Waals surface area contributed by atoms with Crippen LogP contribution in [-0.4, -0.2) is 16.1 Å². The Morgan fingerprint density at radius 1 is 1.38 bits per heavy atom. The van der Waals surface area contributed by atoms with Crippen molar-refractivity contribution in [2.45, 2.75) is 13.5 Å². The molecule has 5 heteroatoms. The lowest BCUT2D eigenvalue weighted by molar-refractivity contribution is -0.131. The molecule has 0 aliphatic carbocycles. The third kappa shape index (κ3) is 4.42. The molecular formula is C16H14FNO3. The largest absolute Gasteiger partial charge is 0.484 e. The summed E-state index contributed by atoms with van der Waals surface area (Å²) >= 11 is 0. The number of aryl methyl sites for hydroxylation is 1. The molecule has 0 bridgehead atoms. The Kier molecular flexibility index (Phi) is 4.66. The highest BCUT2D eigenvalue weighted by Crippen LogP contribution is 2.20. The average molecular weight is 287 g/mol. The van der Waals surface area contributed by atoms with Crippen LogP contribution in [0.4, 0.5) is 4.39 Å². The normalized spacial score (nSPS) is 10.8. The van der Waals surface area contributed by atoms with Crippen molar-refractivity contribution in [3.05, 3.63) is 65.2 Å². The van der Waals surface area contributed by atoms with Crippen molar-refractivity contribution in [2.75, 3.05) is 0 Å². The third-order valence-electron chi connectivity index (χ3n) is 2.70. The average Bonchev–Trinajstić information content (AvgIpc) is 2.44. The molecule has 0 radical (unpaired) electrons. The maximum atomic E-state index is 13.8. The minimum atomic E-state index is -1.08. The summed E-state index contributed by atoms with van der Waals surface area (Å²) in [7, 11) is 0. The minimum Gasteiger partial charge on any atom is -0.484 e. The molecule has 2 aromatic rings. The molecule has 1 heterocycles. The Hall–Kier alpha value is -2.69. The molecule has 0 saturated carbocycles. The Labute approximate surface area is 121 Å². The number of aromatic nitrogens is 1. The summed E-state index contributed by atoms with van der Waals surface area (Å²) in [5.74, 6) is -1.53. The van der Waals surface area contributed by atoms with Crippen LogP contribution in [0.2, 0.25) is 0 Å². The number of aliphatic carboxylic acids is 1. The Morgan fingerprint density at radius 3 is 2.86 bits per heavy atom. The van der Waals surface area contributed by atoms with Crippen molar-refractivity contribution in [3.63, 3.8) is 0 Å². The fourth-order valence-electron chi connectivity index (χ4n) is 1.74. The van der Waals surface area contributed by atoms with Crippen molar-refractivity contribution in [2.24, 2.45) is 0 Å². The second-order valence-electron chi connectivity index (χ2n) is 4.42. The van der Waals surface area contributed by atoms with Crippen LogP contribution in [-0.2, 0) is 11.4 Å². The van der Waals surface area contributed by atoms with Gasteiger partial charge in [-0.2, -0.15) is 0 Å². The number of hydrogen-bond donors (Lipinski definition) is 1. The maximum Gasteiger partial charge on any atom is 0.328 e. The van der Waals surface area contributed by atoms with E-state index in [-0.39, 0.29) is 12.4 Å². The van der Waals surface area contributed by atoms with Crippen LogP contribution >= 0.6 is 0 Å². The maximum absolute atomic E-state index is 13.8. The summed E-state index contributed by atoms with van der Waals surface area (Å²) in [6.07, 6.45) is 2.27. The molecule has 0 spiro atoms. The van der Waals surface area contributed by atoms with Crippen molar-refractivity contribution in [3.8, 4) is 5.75 Å². The van der Waals surface area contributed by atoms with Gasteiger partial charge in [0.2, 0.25) is 0 Å². The van der Waals surface area contributed by atoms with Crippen molar-refractivity contribution < 1.29 is 19.0 Å². The van der Waals surface area contributed by atoms with E-state index in [9.17, 15) is 9.18 Å². The molecule has 0 aliphatic rings. The lowest BCUT2D eigenvalue weighted by atomic mass is 10.2. The zero-order valence-corrected chi connectivity index (χ0v) is 11.4. The molecule has 1 aromatic carbocycles. The van der Waals surface area contributed by atoms with E-state index < -0.39 is 11.8 Å². The summed E-state index contributed by atoms with van der Waals surface area (Å²) < 4.78 is 19.2. The highest BCUT2D eigenvalue weighted by Gasteiger charge is 2.05. The number of halogens is 1. The molecular weight excluding hydrogens is 273 g/mol. The zero-order chi connectivity index (χ0) is 15.2. The summed E-state index contributed by atoms with van der Waals surface area (Å²) in [4.78, 5) is 14.7. The van der Waals surface area contributed by atoms with Gasteiger partial charge in [0.05, 0.1) is 5.69 Å². The molecule has 0 fully saturated rings. The van der Waals surface area contributed by atoms with Crippen molar-refractivity contribution in [1.29, 1.82) is 0 Å². The van der Waals surface area contributed by atoms with E-state index in [1.165, 1.54) is 18.2 Å². The van der Waals surface area contributed by atoms with Gasteiger partial charge in [0.15, 0.2) is 11.6 Å². The van der Waals surface area contributed by atoms with Crippen LogP contribution in [0, 0.1) is 12.7 Å². The molecule has 21 heavy (non-hydrogen) atoms. The first-order chi connectivity index (χ1) is 10.0. The van der Waals surface area contributed by atoms with Gasteiger partial charge in [0.1, 0.15) is 6.61 Å². The van der Waals surface area contributed by atoms with E-state index in [0.29, 0.717) is 11.3 Å². The highest BCUT2D eigenvalue weighted by atomic mass is 19.1. The molecule has 1 aromatic heterocycles. The second kappa shape index (κ2) is 6.65. The molecule has 1 N–H and O–H groups in total. The summed E-state index contributed by atoms with van der Waals surface area (Å²) in [6.45, 7) is 2.04. The molecule has 108 valence electrons. The Morgan fingerprint density at radius 2 is 2.19 bits per heavy atom. The lowest BCUT2D eigenvalue weighted by Crippen LogP contribution is -2.00. The molecule has 4 nitrogen and oxygen atoms in total. The van der Waals surface area contributed by atoms with Crippen LogP contribution in [0.5, 0.6) is 5.75 Å². The van der Waals surface area contributed by atoms with Gasteiger partial charge >= 0.3 is 5.97 Å². The fraction of sp³-hybridized carbons (Fsp3) is 0.125. The van der Waals surface area contributed by atoms with E-state index in [1.807, 2.05) is 19.1 Å². The van der Waals surface area contributed by atoms with E-state index >= 15 is 0 Å². The number of carbonyl (C=O) groups is 1. The lowest BCUT2D eigenvalue weighted by Gasteiger charge is -2.07. The Bertz CT molecular complexity index is 683. The first-order valence-electron chi connectivity index (χ1n) is 6.30. The number of nitrogens with zero attached hydrogens (tertiary/aromatic N) is 1. The number of ether oxygens (including phenoxy) is 1. The van der Waals surface area contributed by atoms with E-state index in [1.54, 1.807) is 12.1 Å². The molecule has 0 unspecified atom stereocenters. The number of benzene rings is 1. The monoisotopic (exact) mass is 287 g/mol. The zero-order valence-electron chi connectivity index (χ0n) is 11.4. The van der Waals surface area contributed by atoms with Gasteiger partial charge < -0.3 is 9.84 Å². The highest BCUT2D eigenvalue weighted by molar-refractivity contribution is 5.85. The molecule has 0 saturated heterocycles.